The van der Waals surface area contributed by atoms with Gasteiger partial charge in [-0.05, 0) is 72.5 Å². The van der Waals surface area contributed by atoms with Crippen LogP contribution >= 0.6 is 12.4 Å². The molecule has 2 aromatic heterocycles. The molecule has 47 heavy (non-hydrogen) atoms. The zero-order chi connectivity index (χ0) is 32.1. The fraction of sp³-hybridized carbons (Fsp3) is 0.333. The Kier molecular flexibility index (Phi) is 13.5. The number of amides is 2. The van der Waals surface area contributed by atoms with Gasteiger partial charge in [0.25, 0.3) is 0 Å². The first-order chi connectivity index (χ1) is 22.4. The molecule has 4 heterocycles. The van der Waals surface area contributed by atoms with Crippen LogP contribution in [-0.2, 0) is 22.7 Å². The Morgan fingerprint density at radius 3 is 1.47 bits per heavy atom. The van der Waals surface area contributed by atoms with Crippen LogP contribution in [-0.4, -0.2) is 60.2 Å². The molecule has 4 aromatic rings. The van der Waals surface area contributed by atoms with Gasteiger partial charge in [0.1, 0.15) is 24.7 Å². The summed E-state index contributed by atoms with van der Waals surface area (Å²) in [5.41, 5.74) is 6.26. The molecule has 0 aliphatic carbocycles. The van der Waals surface area contributed by atoms with Gasteiger partial charge in [0, 0.05) is 62.5 Å². The van der Waals surface area contributed by atoms with E-state index in [-0.39, 0.29) is 24.2 Å². The first-order valence-corrected chi connectivity index (χ1v) is 15.7. The van der Waals surface area contributed by atoms with Crippen LogP contribution in [0.1, 0.15) is 37.8 Å². The number of hydrogen-bond acceptors (Lipinski definition) is 8. The van der Waals surface area contributed by atoms with E-state index in [1.807, 2.05) is 60.9 Å². The number of aromatic nitrogens is 2. The molecule has 0 spiro atoms. The first kappa shape index (κ1) is 35.3. The predicted molar refractivity (Wildman–Crippen MR) is 185 cm³/mol. The molecule has 0 radical (unpaired) electrons. The Morgan fingerprint density at radius 1 is 0.681 bits per heavy atom. The highest BCUT2D eigenvalue weighted by atomic mass is 35.5. The summed E-state index contributed by atoms with van der Waals surface area (Å²) in [5, 5.41) is 12.2. The van der Waals surface area contributed by atoms with Gasteiger partial charge < -0.3 is 30.7 Å². The molecule has 2 aromatic carbocycles. The Morgan fingerprint density at radius 2 is 1.11 bits per heavy atom. The van der Waals surface area contributed by atoms with Crippen molar-refractivity contribution in [1.82, 2.24) is 31.2 Å². The van der Waals surface area contributed by atoms with E-state index in [4.69, 9.17) is 9.47 Å². The zero-order valence-corrected chi connectivity index (χ0v) is 27.6. The van der Waals surface area contributed by atoms with Crippen LogP contribution < -0.4 is 30.7 Å². The van der Waals surface area contributed by atoms with Crippen LogP contribution in [0.5, 0.6) is 11.5 Å². The molecule has 2 aliphatic heterocycles. The van der Waals surface area contributed by atoms with E-state index >= 15 is 0 Å². The van der Waals surface area contributed by atoms with Gasteiger partial charge in [-0.1, -0.05) is 36.4 Å². The highest BCUT2D eigenvalue weighted by molar-refractivity contribution is 5.85. The monoisotopic (exact) mass is 658 g/mol. The molecule has 2 aliphatic rings. The summed E-state index contributed by atoms with van der Waals surface area (Å²) < 4.78 is 11.6. The SMILES string of the molecule is CC(=O)NCc1cccc(-c2cncc(OC[C@@H]3CCN3)c2)c1.CC(=O)NCc1cccc(-c2cncc(OC[C@@H]3CCN3)c2)c1.Cl. The van der Waals surface area contributed by atoms with Crippen molar-refractivity contribution in [2.75, 3.05) is 26.3 Å². The molecule has 4 N–H and O–H groups in total. The van der Waals surface area contributed by atoms with E-state index < -0.39 is 0 Å². The minimum atomic E-state index is -0.0305. The molecule has 248 valence electrons. The Labute approximate surface area is 282 Å². The number of nitrogens with one attached hydrogen (secondary N) is 4. The van der Waals surface area contributed by atoms with Gasteiger partial charge in [-0.25, -0.2) is 0 Å². The molecular weight excluding hydrogens is 616 g/mol. The van der Waals surface area contributed by atoms with Crippen molar-refractivity contribution in [2.24, 2.45) is 0 Å². The Hall–Kier alpha value is -4.51. The molecule has 2 amide bonds. The largest absolute Gasteiger partial charge is 0.490 e. The molecule has 0 saturated carbocycles. The van der Waals surface area contributed by atoms with Crippen molar-refractivity contribution < 1.29 is 19.1 Å². The molecule has 11 heteroatoms. The maximum Gasteiger partial charge on any atom is 0.217 e. The number of rotatable bonds is 12. The van der Waals surface area contributed by atoms with Crippen LogP contribution in [0.3, 0.4) is 0 Å². The minimum absolute atomic E-state index is 0. The van der Waals surface area contributed by atoms with E-state index in [0.29, 0.717) is 38.4 Å². The maximum absolute atomic E-state index is 11.0. The number of ether oxygens (including phenoxy) is 2. The summed E-state index contributed by atoms with van der Waals surface area (Å²) >= 11 is 0. The molecular formula is C36H43ClN6O4. The zero-order valence-electron chi connectivity index (χ0n) is 26.8. The van der Waals surface area contributed by atoms with Gasteiger partial charge >= 0.3 is 0 Å². The molecule has 2 saturated heterocycles. The highest BCUT2D eigenvalue weighted by Crippen LogP contribution is 2.25. The molecule has 2 atom stereocenters. The van der Waals surface area contributed by atoms with E-state index in [2.05, 4.69) is 43.4 Å². The van der Waals surface area contributed by atoms with Crippen LogP contribution in [0.4, 0.5) is 0 Å². The van der Waals surface area contributed by atoms with Crippen molar-refractivity contribution in [1.29, 1.82) is 0 Å². The fourth-order valence-electron chi connectivity index (χ4n) is 4.86. The second-order valence-corrected chi connectivity index (χ2v) is 11.5. The average Bonchev–Trinajstić information content (AvgIpc) is 3.02. The van der Waals surface area contributed by atoms with Crippen LogP contribution in [0, 0.1) is 0 Å². The smallest absolute Gasteiger partial charge is 0.217 e. The van der Waals surface area contributed by atoms with Crippen molar-refractivity contribution in [3.8, 4) is 33.8 Å². The summed E-state index contributed by atoms with van der Waals surface area (Å²) in [6.07, 6.45) is 9.46. The second-order valence-electron chi connectivity index (χ2n) is 11.5. The molecule has 10 nitrogen and oxygen atoms in total. The van der Waals surface area contributed by atoms with Gasteiger partial charge in [0.15, 0.2) is 0 Å². The summed E-state index contributed by atoms with van der Waals surface area (Å²) in [6, 6.07) is 21.1. The summed E-state index contributed by atoms with van der Waals surface area (Å²) in [7, 11) is 0. The van der Waals surface area contributed by atoms with Gasteiger partial charge in [-0.2, -0.15) is 0 Å². The number of nitrogens with zero attached hydrogens (tertiary/aromatic N) is 2. The number of carbonyl (C=O) groups is 2. The molecule has 6 rings (SSSR count). The lowest BCUT2D eigenvalue weighted by molar-refractivity contribution is -0.120. The Bertz CT molecular complexity index is 1490. The van der Waals surface area contributed by atoms with Crippen molar-refractivity contribution >= 4 is 24.2 Å². The number of pyridine rings is 2. The van der Waals surface area contributed by atoms with Crippen LogP contribution in [0.2, 0.25) is 0 Å². The standard InChI is InChI=1S/2C18H21N3O2.ClH/c2*1-13(22)21-9-14-3-2-4-15(7-14)16-8-18(11-19-10-16)23-12-17-5-6-20-17;/h2*2-4,7-8,10-11,17,20H,5-6,9,12H2,1H3,(H,21,22);1H/t2*17-;/m00./s1. The van der Waals surface area contributed by atoms with E-state index in [0.717, 1.165) is 70.8 Å². The molecule has 0 unspecified atom stereocenters. The van der Waals surface area contributed by atoms with Crippen LogP contribution in [0.25, 0.3) is 22.3 Å². The second kappa shape index (κ2) is 18.0. The van der Waals surface area contributed by atoms with Gasteiger partial charge in [0.2, 0.25) is 11.8 Å². The summed E-state index contributed by atoms with van der Waals surface area (Å²) in [6.45, 7) is 7.60. The predicted octanol–water partition coefficient (Wildman–Crippen LogP) is 4.67. The summed E-state index contributed by atoms with van der Waals surface area (Å²) in [4.78, 5) is 30.6. The van der Waals surface area contributed by atoms with Crippen LogP contribution in [0.15, 0.2) is 85.5 Å². The van der Waals surface area contributed by atoms with Crippen molar-refractivity contribution in [3.05, 3.63) is 96.6 Å². The fourth-order valence-corrected chi connectivity index (χ4v) is 4.86. The maximum atomic E-state index is 11.0. The van der Waals surface area contributed by atoms with Crippen molar-refractivity contribution in [2.45, 2.75) is 51.9 Å². The van der Waals surface area contributed by atoms with Crippen molar-refractivity contribution in [3.63, 3.8) is 0 Å². The van der Waals surface area contributed by atoms with Gasteiger partial charge in [0.05, 0.1) is 12.4 Å². The van der Waals surface area contributed by atoms with E-state index in [1.54, 1.807) is 12.4 Å². The minimum Gasteiger partial charge on any atom is -0.490 e. The third-order valence-electron chi connectivity index (χ3n) is 7.78. The quantitative estimate of drug-likeness (QED) is 0.173. The lowest BCUT2D eigenvalue weighted by atomic mass is 10.0. The number of benzene rings is 2. The third kappa shape index (κ3) is 11.4. The third-order valence-corrected chi connectivity index (χ3v) is 7.78. The van der Waals surface area contributed by atoms with E-state index in [1.165, 1.54) is 13.8 Å². The lowest BCUT2D eigenvalue weighted by Crippen LogP contribution is -2.46. The molecule has 2 fully saturated rings. The lowest BCUT2D eigenvalue weighted by Gasteiger charge is -2.27. The normalized spacial score (nSPS) is 16.1. The van der Waals surface area contributed by atoms with Gasteiger partial charge in [-0.15, -0.1) is 12.4 Å². The summed E-state index contributed by atoms with van der Waals surface area (Å²) in [5.74, 6) is 1.50. The number of hydrogen-bond donors (Lipinski definition) is 4. The van der Waals surface area contributed by atoms with E-state index in [9.17, 15) is 9.59 Å². The number of carbonyl (C=O) groups excluding carboxylic acids is 2. The first-order valence-electron chi connectivity index (χ1n) is 15.7. The Balaban J connectivity index is 0.000000208. The average molecular weight is 659 g/mol. The highest BCUT2D eigenvalue weighted by Gasteiger charge is 2.17. The number of halogens is 1. The molecule has 0 bridgehead atoms. The van der Waals surface area contributed by atoms with Gasteiger partial charge in [-0.3, -0.25) is 19.6 Å². The topological polar surface area (TPSA) is 126 Å².